The summed E-state index contributed by atoms with van der Waals surface area (Å²) >= 11 is 1.11. The number of para-hydroxylation sites is 1. The van der Waals surface area contributed by atoms with Crippen LogP contribution in [0.1, 0.15) is 30.5 Å². The second-order valence-corrected chi connectivity index (χ2v) is 8.88. The Morgan fingerprint density at radius 2 is 1.78 bits per heavy atom. The van der Waals surface area contributed by atoms with Crippen LogP contribution in [0.2, 0.25) is 0 Å². The topological polar surface area (TPSA) is 117 Å². The summed E-state index contributed by atoms with van der Waals surface area (Å²) < 4.78 is 0. The van der Waals surface area contributed by atoms with Crippen molar-refractivity contribution in [3.05, 3.63) is 63.4 Å². The Balaban J connectivity index is 1.79. The molecular formula is C23H25N5O3S. The number of H-pyrrole nitrogens is 1. The Kier molecular flexibility index (Phi) is 7.09. The minimum atomic E-state index is -0.514. The minimum Gasteiger partial charge on any atom is -0.325 e. The molecule has 2 aromatic carbocycles. The van der Waals surface area contributed by atoms with E-state index in [9.17, 15) is 14.4 Å². The van der Waals surface area contributed by atoms with E-state index in [1.165, 1.54) is 6.92 Å². The number of aromatic amines is 1. The van der Waals surface area contributed by atoms with Crippen molar-refractivity contribution in [1.82, 2.24) is 15.2 Å². The van der Waals surface area contributed by atoms with Crippen molar-refractivity contribution in [1.29, 1.82) is 0 Å². The molecule has 8 nitrogen and oxygen atoms in total. The van der Waals surface area contributed by atoms with Crippen LogP contribution in [0.25, 0.3) is 11.3 Å². The summed E-state index contributed by atoms with van der Waals surface area (Å²) in [4.78, 5) is 39.6. The molecule has 0 saturated heterocycles. The molecule has 0 spiro atoms. The van der Waals surface area contributed by atoms with Gasteiger partial charge in [-0.3, -0.25) is 19.4 Å². The quantitative estimate of drug-likeness (QED) is 0.490. The SMILES string of the molecule is CC(=O)Nc1c(C)cccc1-c1nnc(SC(C)C(=O)Nc2ccc(C)cc2C)[nH]c1=O. The zero-order chi connectivity index (χ0) is 23.4. The number of carbonyl (C=O) groups excluding carboxylic acids is 2. The highest BCUT2D eigenvalue weighted by atomic mass is 32.2. The van der Waals surface area contributed by atoms with Crippen LogP contribution in [0.3, 0.4) is 0 Å². The number of nitrogens with one attached hydrogen (secondary N) is 3. The average Bonchev–Trinajstić information content (AvgIpc) is 2.71. The Morgan fingerprint density at radius 1 is 1.03 bits per heavy atom. The maximum atomic E-state index is 12.7. The van der Waals surface area contributed by atoms with Gasteiger partial charge < -0.3 is 10.6 Å². The smallest absolute Gasteiger partial charge is 0.278 e. The fourth-order valence-corrected chi connectivity index (χ4v) is 3.91. The third-order valence-corrected chi connectivity index (χ3v) is 5.78. The highest BCUT2D eigenvalue weighted by Gasteiger charge is 2.19. The predicted octanol–water partition coefficient (Wildman–Crippen LogP) is 3.83. The van der Waals surface area contributed by atoms with Crippen molar-refractivity contribution >= 4 is 35.0 Å². The van der Waals surface area contributed by atoms with Crippen LogP contribution in [0.5, 0.6) is 0 Å². The van der Waals surface area contributed by atoms with Crippen LogP contribution >= 0.6 is 11.8 Å². The highest BCUT2D eigenvalue weighted by molar-refractivity contribution is 8.00. The maximum Gasteiger partial charge on any atom is 0.278 e. The molecule has 1 heterocycles. The molecule has 0 aliphatic carbocycles. The molecule has 3 aromatic rings. The molecule has 1 aromatic heterocycles. The second-order valence-electron chi connectivity index (χ2n) is 7.55. The second kappa shape index (κ2) is 9.78. The van der Waals surface area contributed by atoms with Gasteiger partial charge >= 0.3 is 0 Å². The molecule has 1 atom stereocenters. The Morgan fingerprint density at radius 3 is 2.44 bits per heavy atom. The van der Waals surface area contributed by atoms with E-state index in [2.05, 4.69) is 25.8 Å². The summed E-state index contributed by atoms with van der Waals surface area (Å²) in [5.41, 5.74) is 4.26. The van der Waals surface area contributed by atoms with Gasteiger partial charge in [0.1, 0.15) is 0 Å². The van der Waals surface area contributed by atoms with Gasteiger partial charge in [0.05, 0.1) is 10.9 Å². The number of rotatable bonds is 6. The fraction of sp³-hybridized carbons (Fsp3) is 0.261. The number of hydrogen-bond acceptors (Lipinski definition) is 6. The maximum absolute atomic E-state index is 12.7. The lowest BCUT2D eigenvalue weighted by molar-refractivity contribution is -0.115. The molecule has 2 amide bonds. The number of hydrogen-bond donors (Lipinski definition) is 3. The fourth-order valence-electron chi connectivity index (χ4n) is 3.17. The van der Waals surface area contributed by atoms with Crippen molar-refractivity contribution < 1.29 is 9.59 Å². The van der Waals surface area contributed by atoms with Crippen molar-refractivity contribution in [2.24, 2.45) is 0 Å². The van der Waals surface area contributed by atoms with Crippen molar-refractivity contribution in [3.63, 3.8) is 0 Å². The monoisotopic (exact) mass is 451 g/mol. The average molecular weight is 452 g/mol. The first-order valence-electron chi connectivity index (χ1n) is 10.0. The first-order chi connectivity index (χ1) is 15.2. The first kappa shape index (κ1) is 23.2. The van der Waals surface area contributed by atoms with Gasteiger partial charge in [-0.15, -0.1) is 10.2 Å². The van der Waals surface area contributed by atoms with Gasteiger partial charge in [-0.05, 0) is 44.9 Å². The summed E-state index contributed by atoms with van der Waals surface area (Å²) in [6.45, 7) is 8.88. The van der Waals surface area contributed by atoms with E-state index in [0.717, 1.165) is 34.1 Å². The molecule has 0 radical (unpaired) electrons. The van der Waals surface area contributed by atoms with Gasteiger partial charge in [0.2, 0.25) is 11.8 Å². The van der Waals surface area contributed by atoms with E-state index < -0.39 is 10.8 Å². The van der Waals surface area contributed by atoms with Gasteiger partial charge in [0, 0.05) is 18.2 Å². The van der Waals surface area contributed by atoms with E-state index in [1.807, 2.05) is 45.0 Å². The molecule has 0 bridgehead atoms. The molecule has 0 aliphatic heterocycles. The minimum absolute atomic E-state index is 0.0918. The lowest BCUT2D eigenvalue weighted by Crippen LogP contribution is -2.24. The molecule has 0 saturated carbocycles. The van der Waals surface area contributed by atoms with Gasteiger partial charge in [-0.25, -0.2) is 0 Å². The van der Waals surface area contributed by atoms with E-state index in [-0.39, 0.29) is 22.7 Å². The number of carbonyl (C=O) groups is 2. The van der Waals surface area contributed by atoms with Gasteiger partial charge in [-0.2, -0.15) is 0 Å². The Bertz CT molecular complexity index is 1240. The van der Waals surface area contributed by atoms with Gasteiger partial charge in [-0.1, -0.05) is 47.7 Å². The van der Waals surface area contributed by atoms with Gasteiger partial charge in [0.15, 0.2) is 10.9 Å². The summed E-state index contributed by atoms with van der Waals surface area (Å²) in [7, 11) is 0. The Labute approximate surface area is 190 Å². The first-order valence-corrected chi connectivity index (χ1v) is 10.9. The predicted molar refractivity (Wildman–Crippen MR) is 127 cm³/mol. The zero-order valence-corrected chi connectivity index (χ0v) is 19.4. The molecule has 0 fully saturated rings. The van der Waals surface area contributed by atoms with Crippen LogP contribution in [-0.2, 0) is 9.59 Å². The van der Waals surface area contributed by atoms with Crippen LogP contribution < -0.4 is 16.2 Å². The van der Waals surface area contributed by atoms with Crippen molar-refractivity contribution in [2.75, 3.05) is 10.6 Å². The number of amides is 2. The van der Waals surface area contributed by atoms with Crippen LogP contribution in [0.15, 0.2) is 46.3 Å². The van der Waals surface area contributed by atoms with E-state index >= 15 is 0 Å². The molecule has 166 valence electrons. The number of anilines is 2. The van der Waals surface area contributed by atoms with Crippen LogP contribution in [-0.4, -0.2) is 32.2 Å². The lowest BCUT2D eigenvalue weighted by Gasteiger charge is -2.14. The number of nitrogens with zero attached hydrogens (tertiary/aromatic N) is 2. The molecule has 32 heavy (non-hydrogen) atoms. The number of aromatic nitrogens is 3. The van der Waals surface area contributed by atoms with Crippen LogP contribution in [0, 0.1) is 20.8 Å². The highest BCUT2D eigenvalue weighted by Crippen LogP contribution is 2.28. The van der Waals surface area contributed by atoms with E-state index in [1.54, 1.807) is 19.1 Å². The number of thioether (sulfide) groups is 1. The molecular weight excluding hydrogens is 426 g/mol. The Hall–Kier alpha value is -3.46. The van der Waals surface area contributed by atoms with Gasteiger partial charge in [0.25, 0.3) is 5.56 Å². The standard InChI is InChI=1S/C23H25N5O3S/c1-12-9-10-18(14(3)11-12)25-21(30)15(4)32-23-26-22(31)20(27-28-23)17-8-6-7-13(2)19(17)24-16(5)29/h6-11,15H,1-5H3,(H,24,29)(H,25,30)(H,26,28,31). The summed E-state index contributed by atoms with van der Waals surface area (Å²) in [6, 6.07) is 11.1. The molecule has 1 unspecified atom stereocenters. The molecule has 3 N–H and O–H groups in total. The largest absolute Gasteiger partial charge is 0.325 e. The summed E-state index contributed by atoms with van der Waals surface area (Å²) in [6.07, 6.45) is 0. The van der Waals surface area contributed by atoms with E-state index in [0.29, 0.717) is 11.3 Å². The molecule has 9 heteroatoms. The van der Waals surface area contributed by atoms with Crippen molar-refractivity contribution in [3.8, 4) is 11.3 Å². The third kappa shape index (κ3) is 5.42. The number of aryl methyl sites for hydroxylation is 3. The lowest BCUT2D eigenvalue weighted by atomic mass is 10.1. The van der Waals surface area contributed by atoms with E-state index in [4.69, 9.17) is 0 Å². The molecule has 0 aliphatic rings. The van der Waals surface area contributed by atoms with Crippen LogP contribution in [0.4, 0.5) is 11.4 Å². The normalized spacial score (nSPS) is 11.7. The van der Waals surface area contributed by atoms with Crippen molar-refractivity contribution in [2.45, 2.75) is 45.0 Å². The summed E-state index contributed by atoms with van der Waals surface area (Å²) in [5.74, 6) is -0.457. The third-order valence-electron chi connectivity index (χ3n) is 4.80. The zero-order valence-electron chi connectivity index (χ0n) is 18.6. The number of benzene rings is 2. The summed E-state index contributed by atoms with van der Waals surface area (Å²) in [5, 5.41) is 13.5. The molecule has 3 rings (SSSR count).